The van der Waals surface area contributed by atoms with Gasteiger partial charge in [-0.25, -0.2) is 4.98 Å². The van der Waals surface area contributed by atoms with Gasteiger partial charge in [-0.15, -0.1) is 0 Å². The van der Waals surface area contributed by atoms with Crippen molar-refractivity contribution in [1.29, 1.82) is 0 Å². The van der Waals surface area contributed by atoms with Gasteiger partial charge in [0.25, 0.3) is 0 Å². The van der Waals surface area contributed by atoms with Gasteiger partial charge in [0, 0.05) is 23.9 Å². The number of halogens is 1. The van der Waals surface area contributed by atoms with Crippen LogP contribution in [0.5, 0.6) is 0 Å². The van der Waals surface area contributed by atoms with Crippen LogP contribution in [0.15, 0.2) is 18.2 Å². The number of imidazole rings is 1. The van der Waals surface area contributed by atoms with Gasteiger partial charge >= 0.3 is 0 Å². The molecule has 1 aromatic carbocycles. The fourth-order valence-corrected chi connectivity index (χ4v) is 3.11. The second kappa shape index (κ2) is 6.67. The van der Waals surface area contributed by atoms with Gasteiger partial charge in [-0.1, -0.05) is 11.6 Å². The number of hydrogen-bond acceptors (Lipinski definition) is 3. The summed E-state index contributed by atoms with van der Waals surface area (Å²) in [5.74, 6) is 0.973. The first kappa shape index (κ1) is 15.3. The van der Waals surface area contributed by atoms with Gasteiger partial charge in [-0.05, 0) is 43.9 Å². The maximum atomic E-state index is 12.1. The molecular formula is C16H20ClN3O2. The first-order valence-electron chi connectivity index (χ1n) is 7.72. The standard InChI is InChI=1S/C16H20ClN3O2/c17-11-3-6-13-14(9-11)20-15(19-13)7-8-18-16(22)10-1-4-12(21)5-2-10/h3,6,9-10,12,21H,1-2,4-5,7-8H2,(H,18,22)(H,19,20). The highest BCUT2D eigenvalue weighted by Crippen LogP contribution is 2.24. The fraction of sp³-hybridized carbons (Fsp3) is 0.500. The Morgan fingerprint density at radius 2 is 2.14 bits per heavy atom. The van der Waals surface area contributed by atoms with Crippen LogP contribution in [-0.4, -0.2) is 33.6 Å². The van der Waals surface area contributed by atoms with Crippen LogP contribution in [0.2, 0.25) is 5.02 Å². The van der Waals surface area contributed by atoms with Gasteiger partial charge < -0.3 is 15.4 Å². The third-order valence-electron chi connectivity index (χ3n) is 4.22. The maximum absolute atomic E-state index is 12.1. The van der Waals surface area contributed by atoms with E-state index in [9.17, 15) is 9.90 Å². The van der Waals surface area contributed by atoms with Gasteiger partial charge in [0.1, 0.15) is 5.82 Å². The average molecular weight is 322 g/mol. The molecule has 5 nitrogen and oxygen atoms in total. The summed E-state index contributed by atoms with van der Waals surface area (Å²) in [6.07, 6.45) is 3.43. The first-order chi connectivity index (χ1) is 10.6. The highest BCUT2D eigenvalue weighted by atomic mass is 35.5. The Morgan fingerprint density at radius 1 is 1.36 bits per heavy atom. The van der Waals surface area contributed by atoms with Crippen molar-refractivity contribution in [2.75, 3.05) is 6.54 Å². The van der Waals surface area contributed by atoms with E-state index in [0.29, 0.717) is 18.0 Å². The zero-order chi connectivity index (χ0) is 15.5. The number of aromatic amines is 1. The molecule has 1 aromatic heterocycles. The van der Waals surface area contributed by atoms with E-state index in [1.165, 1.54) is 0 Å². The average Bonchev–Trinajstić information content (AvgIpc) is 2.89. The molecule has 6 heteroatoms. The van der Waals surface area contributed by atoms with E-state index < -0.39 is 0 Å². The molecule has 1 saturated carbocycles. The Balaban J connectivity index is 1.50. The molecule has 1 amide bonds. The minimum Gasteiger partial charge on any atom is -0.393 e. The topological polar surface area (TPSA) is 78.0 Å². The lowest BCUT2D eigenvalue weighted by Gasteiger charge is -2.24. The number of hydrogen-bond donors (Lipinski definition) is 3. The van der Waals surface area contributed by atoms with Gasteiger partial charge in [0.15, 0.2) is 0 Å². The van der Waals surface area contributed by atoms with Crippen LogP contribution < -0.4 is 5.32 Å². The third kappa shape index (κ3) is 3.59. The number of benzene rings is 1. The summed E-state index contributed by atoms with van der Waals surface area (Å²) in [5.41, 5.74) is 1.79. The molecular weight excluding hydrogens is 302 g/mol. The van der Waals surface area contributed by atoms with E-state index in [2.05, 4.69) is 15.3 Å². The largest absolute Gasteiger partial charge is 0.393 e. The maximum Gasteiger partial charge on any atom is 0.223 e. The molecule has 3 N–H and O–H groups in total. The molecule has 0 unspecified atom stereocenters. The van der Waals surface area contributed by atoms with E-state index >= 15 is 0 Å². The Hall–Kier alpha value is -1.59. The molecule has 1 aliphatic carbocycles. The molecule has 118 valence electrons. The van der Waals surface area contributed by atoms with Crippen LogP contribution in [0.4, 0.5) is 0 Å². The van der Waals surface area contributed by atoms with E-state index in [1.54, 1.807) is 0 Å². The number of aliphatic hydroxyl groups is 1. The second-order valence-electron chi connectivity index (χ2n) is 5.89. The van der Waals surface area contributed by atoms with E-state index in [-0.39, 0.29) is 17.9 Å². The van der Waals surface area contributed by atoms with Crippen molar-refractivity contribution in [3.05, 3.63) is 29.0 Å². The first-order valence-corrected chi connectivity index (χ1v) is 8.09. The number of nitrogens with one attached hydrogen (secondary N) is 2. The number of H-pyrrole nitrogens is 1. The monoisotopic (exact) mass is 321 g/mol. The van der Waals surface area contributed by atoms with Gasteiger partial charge in [0.05, 0.1) is 17.1 Å². The van der Waals surface area contributed by atoms with Crippen LogP contribution in [0.1, 0.15) is 31.5 Å². The Kier molecular flexibility index (Phi) is 4.64. The number of carbonyl (C=O) groups excluding carboxylic acids is 1. The quantitative estimate of drug-likeness (QED) is 0.809. The number of carbonyl (C=O) groups is 1. The molecule has 0 bridgehead atoms. The van der Waals surface area contributed by atoms with Gasteiger partial charge in [-0.2, -0.15) is 0 Å². The number of aliphatic hydroxyl groups excluding tert-OH is 1. The van der Waals surface area contributed by atoms with Crippen molar-refractivity contribution in [3.8, 4) is 0 Å². The summed E-state index contributed by atoms with van der Waals surface area (Å²) >= 11 is 5.95. The van der Waals surface area contributed by atoms with Crippen LogP contribution in [0.3, 0.4) is 0 Å². The van der Waals surface area contributed by atoms with Crippen LogP contribution >= 0.6 is 11.6 Å². The zero-order valence-electron chi connectivity index (χ0n) is 12.3. The highest BCUT2D eigenvalue weighted by molar-refractivity contribution is 6.31. The molecule has 3 rings (SSSR count). The summed E-state index contributed by atoms with van der Waals surface area (Å²) in [6.45, 7) is 0.561. The number of amides is 1. The minimum absolute atomic E-state index is 0.0397. The van der Waals surface area contributed by atoms with Gasteiger partial charge in [0.2, 0.25) is 5.91 Å². The molecule has 0 radical (unpaired) electrons. The molecule has 0 atom stereocenters. The molecule has 22 heavy (non-hydrogen) atoms. The Bertz CT molecular complexity index is 662. The molecule has 0 saturated heterocycles. The van der Waals surface area contributed by atoms with Crippen LogP contribution in [-0.2, 0) is 11.2 Å². The van der Waals surface area contributed by atoms with Crippen molar-refractivity contribution in [3.63, 3.8) is 0 Å². The summed E-state index contributed by atoms with van der Waals surface area (Å²) in [7, 11) is 0. The second-order valence-corrected chi connectivity index (χ2v) is 6.33. The number of nitrogens with zero attached hydrogens (tertiary/aromatic N) is 1. The predicted molar refractivity (Wildman–Crippen MR) is 85.8 cm³/mol. The lowest BCUT2D eigenvalue weighted by atomic mass is 9.87. The van der Waals surface area contributed by atoms with Crippen molar-refractivity contribution in [2.24, 2.45) is 5.92 Å². The zero-order valence-corrected chi connectivity index (χ0v) is 13.1. The summed E-state index contributed by atoms with van der Waals surface area (Å²) in [4.78, 5) is 19.8. The van der Waals surface area contributed by atoms with Crippen molar-refractivity contribution in [2.45, 2.75) is 38.2 Å². The van der Waals surface area contributed by atoms with Crippen molar-refractivity contribution < 1.29 is 9.90 Å². The predicted octanol–water partition coefficient (Wildman–Crippen LogP) is 2.43. The number of rotatable bonds is 4. The molecule has 0 aliphatic heterocycles. The van der Waals surface area contributed by atoms with Crippen molar-refractivity contribution in [1.82, 2.24) is 15.3 Å². The molecule has 1 heterocycles. The van der Waals surface area contributed by atoms with E-state index in [1.807, 2.05) is 18.2 Å². The smallest absolute Gasteiger partial charge is 0.223 e. The molecule has 1 fully saturated rings. The molecule has 2 aromatic rings. The molecule has 1 aliphatic rings. The summed E-state index contributed by atoms with van der Waals surface area (Å²) < 4.78 is 0. The number of fused-ring (bicyclic) bond motifs is 1. The van der Waals surface area contributed by atoms with Crippen molar-refractivity contribution >= 4 is 28.5 Å². The van der Waals surface area contributed by atoms with E-state index in [4.69, 9.17) is 11.6 Å². The Morgan fingerprint density at radius 3 is 2.91 bits per heavy atom. The van der Waals surface area contributed by atoms with Gasteiger partial charge in [-0.3, -0.25) is 4.79 Å². The lowest BCUT2D eigenvalue weighted by molar-refractivity contribution is -0.126. The minimum atomic E-state index is -0.230. The van der Waals surface area contributed by atoms with E-state index in [0.717, 1.165) is 42.5 Å². The third-order valence-corrected chi connectivity index (χ3v) is 4.46. The number of aromatic nitrogens is 2. The fourth-order valence-electron chi connectivity index (χ4n) is 2.94. The summed E-state index contributed by atoms with van der Waals surface area (Å²) in [6, 6.07) is 5.54. The lowest BCUT2D eigenvalue weighted by Crippen LogP contribution is -2.35. The van der Waals surface area contributed by atoms with Crippen LogP contribution in [0.25, 0.3) is 11.0 Å². The summed E-state index contributed by atoms with van der Waals surface area (Å²) in [5, 5.41) is 13.1. The Labute approximate surface area is 134 Å². The van der Waals surface area contributed by atoms with Crippen LogP contribution in [0, 0.1) is 5.92 Å². The SMILES string of the molecule is O=C(NCCc1nc2ccc(Cl)cc2[nH]1)C1CCC(O)CC1. The molecule has 0 spiro atoms. The normalized spacial score (nSPS) is 21.9. The highest BCUT2D eigenvalue weighted by Gasteiger charge is 2.24.